The topological polar surface area (TPSA) is 62.2 Å². The van der Waals surface area contributed by atoms with E-state index in [2.05, 4.69) is 15.7 Å². The predicted octanol–water partition coefficient (Wildman–Crippen LogP) is 1.45. The van der Waals surface area contributed by atoms with Gasteiger partial charge in [-0.25, -0.2) is 4.79 Å². The molecule has 0 aromatic carbocycles. The van der Waals surface area contributed by atoms with Crippen molar-refractivity contribution in [2.24, 2.45) is 5.92 Å². The summed E-state index contributed by atoms with van der Waals surface area (Å²) in [6.45, 7) is 2.71. The molecule has 6 nitrogen and oxygen atoms in total. The zero-order valence-electron chi connectivity index (χ0n) is 13.0. The molecule has 2 atom stereocenters. The van der Waals surface area contributed by atoms with E-state index >= 15 is 0 Å². The fraction of sp³-hybridized carbons (Fsp3) is 0.714. The average molecular weight is 333 g/mol. The summed E-state index contributed by atoms with van der Waals surface area (Å²) < 4.78 is 38.7. The molecule has 2 heterocycles. The third kappa shape index (κ3) is 6.47. The van der Waals surface area contributed by atoms with Crippen molar-refractivity contribution in [3.8, 4) is 0 Å². The van der Waals surface area contributed by atoms with Crippen LogP contribution in [0, 0.1) is 5.92 Å². The molecule has 1 aliphatic rings. The average Bonchev–Trinajstić information content (AvgIpc) is 3.06. The number of alkyl halides is 3. The lowest BCUT2D eigenvalue weighted by atomic mass is 10.1. The highest BCUT2D eigenvalue weighted by Gasteiger charge is 2.34. The van der Waals surface area contributed by atoms with Crippen molar-refractivity contribution in [1.82, 2.24) is 25.3 Å². The van der Waals surface area contributed by atoms with Crippen molar-refractivity contribution in [2.45, 2.75) is 32.1 Å². The Labute approximate surface area is 133 Å². The molecule has 23 heavy (non-hydrogen) atoms. The van der Waals surface area contributed by atoms with E-state index in [9.17, 15) is 18.0 Å². The van der Waals surface area contributed by atoms with Crippen LogP contribution < -0.4 is 10.6 Å². The highest BCUT2D eigenvalue weighted by atomic mass is 19.4. The number of amides is 2. The summed E-state index contributed by atoms with van der Waals surface area (Å²) in [6, 6.07) is 1.40. The van der Waals surface area contributed by atoms with Crippen molar-refractivity contribution in [3.05, 3.63) is 18.5 Å². The maximum Gasteiger partial charge on any atom is 0.401 e. The molecule has 1 saturated heterocycles. The van der Waals surface area contributed by atoms with E-state index < -0.39 is 12.7 Å². The molecule has 0 unspecified atom stereocenters. The van der Waals surface area contributed by atoms with Crippen LogP contribution in [0.1, 0.15) is 13.3 Å². The van der Waals surface area contributed by atoms with Crippen molar-refractivity contribution < 1.29 is 18.0 Å². The number of rotatable bonds is 6. The van der Waals surface area contributed by atoms with Crippen molar-refractivity contribution in [1.29, 1.82) is 0 Å². The predicted molar refractivity (Wildman–Crippen MR) is 78.8 cm³/mol. The molecule has 1 fully saturated rings. The second kappa shape index (κ2) is 7.67. The van der Waals surface area contributed by atoms with Crippen molar-refractivity contribution in [3.63, 3.8) is 0 Å². The molecule has 0 spiro atoms. The number of carbonyl (C=O) groups excluding carboxylic acids is 1. The van der Waals surface area contributed by atoms with Crippen LogP contribution >= 0.6 is 0 Å². The molecule has 130 valence electrons. The molecule has 2 N–H and O–H groups in total. The first-order valence-corrected chi connectivity index (χ1v) is 7.63. The van der Waals surface area contributed by atoms with E-state index in [-0.39, 0.29) is 18.0 Å². The first-order chi connectivity index (χ1) is 10.8. The molecule has 0 bridgehead atoms. The van der Waals surface area contributed by atoms with Crippen LogP contribution in [0.2, 0.25) is 0 Å². The minimum atomic E-state index is -4.17. The van der Waals surface area contributed by atoms with Gasteiger partial charge in [0.1, 0.15) is 0 Å². The number of likely N-dealkylation sites (tertiary alicyclic amines) is 1. The number of aromatic nitrogens is 2. The lowest BCUT2D eigenvalue weighted by Gasteiger charge is -2.18. The molecular formula is C14H22F3N5O. The second-order valence-corrected chi connectivity index (χ2v) is 5.99. The normalized spacial score (nSPS) is 20.4. The summed E-state index contributed by atoms with van der Waals surface area (Å²) in [6.07, 6.45) is -0.0236. The summed E-state index contributed by atoms with van der Waals surface area (Å²) in [5, 5.41) is 9.58. The summed E-state index contributed by atoms with van der Waals surface area (Å²) in [7, 11) is 0. The van der Waals surface area contributed by atoms with Gasteiger partial charge in [0.25, 0.3) is 0 Å². The number of nitrogens with zero attached hydrogens (tertiary/aromatic N) is 3. The van der Waals surface area contributed by atoms with E-state index in [0.717, 1.165) is 0 Å². The smallest absolute Gasteiger partial charge is 0.338 e. The van der Waals surface area contributed by atoms with E-state index in [0.29, 0.717) is 32.6 Å². The van der Waals surface area contributed by atoms with Crippen LogP contribution in [-0.4, -0.2) is 59.1 Å². The van der Waals surface area contributed by atoms with Gasteiger partial charge in [0.15, 0.2) is 0 Å². The van der Waals surface area contributed by atoms with Crippen LogP contribution in [-0.2, 0) is 6.54 Å². The quantitative estimate of drug-likeness (QED) is 0.828. The van der Waals surface area contributed by atoms with Crippen LogP contribution in [0.4, 0.5) is 18.0 Å². The van der Waals surface area contributed by atoms with E-state index in [4.69, 9.17) is 0 Å². The van der Waals surface area contributed by atoms with Gasteiger partial charge in [-0.1, -0.05) is 0 Å². The Bertz CT molecular complexity index is 491. The Balaban J connectivity index is 1.63. The number of halogens is 3. The van der Waals surface area contributed by atoms with Gasteiger partial charge in [-0.2, -0.15) is 18.3 Å². The van der Waals surface area contributed by atoms with Crippen LogP contribution in [0.25, 0.3) is 0 Å². The van der Waals surface area contributed by atoms with Crippen LogP contribution in [0.3, 0.4) is 0 Å². The molecule has 0 radical (unpaired) electrons. The third-order valence-electron chi connectivity index (χ3n) is 3.72. The molecule has 1 aliphatic heterocycles. The highest BCUT2D eigenvalue weighted by molar-refractivity contribution is 5.74. The SMILES string of the molecule is C[C@@H](Cn1cccn1)NC(=O)NC[C@H]1CCN(CC(F)(F)F)C1. The van der Waals surface area contributed by atoms with E-state index in [1.54, 1.807) is 16.9 Å². The fourth-order valence-electron chi connectivity index (χ4n) is 2.72. The zero-order valence-corrected chi connectivity index (χ0v) is 13.0. The maximum atomic E-state index is 12.3. The van der Waals surface area contributed by atoms with Gasteiger partial charge in [-0.05, 0) is 31.9 Å². The number of nitrogens with one attached hydrogen (secondary N) is 2. The number of hydrogen-bond donors (Lipinski definition) is 2. The largest absolute Gasteiger partial charge is 0.401 e. The number of carbonyl (C=O) groups is 1. The minimum Gasteiger partial charge on any atom is -0.338 e. The van der Waals surface area contributed by atoms with E-state index in [1.165, 1.54) is 4.90 Å². The Morgan fingerprint density at radius 2 is 2.26 bits per heavy atom. The second-order valence-electron chi connectivity index (χ2n) is 5.99. The molecule has 2 rings (SSSR count). The number of urea groups is 1. The Morgan fingerprint density at radius 3 is 2.91 bits per heavy atom. The standard InChI is InChI=1S/C14H22F3N5O/c1-11(8-22-5-2-4-19-22)20-13(23)18-7-12-3-6-21(9-12)10-14(15,16)17/h2,4-5,11-12H,3,6-10H2,1H3,(H2,18,20,23)/t11-,12+/m0/s1. The van der Waals surface area contributed by atoms with E-state index in [1.807, 2.05) is 13.1 Å². The summed E-state index contributed by atoms with van der Waals surface area (Å²) >= 11 is 0. The zero-order chi connectivity index (χ0) is 16.9. The molecule has 1 aromatic rings. The third-order valence-corrected chi connectivity index (χ3v) is 3.72. The van der Waals surface area contributed by atoms with Gasteiger partial charge < -0.3 is 10.6 Å². The molecule has 2 amide bonds. The Hall–Kier alpha value is -1.77. The van der Waals surface area contributed by atoms with Gasteiger partial charge in [-0.15, -0.1) is 0 Å². The first kappa shape index (κ1) is 17.6. The first-order valence-electron chi connectivity index (χ1n) is 7.63. The molecule has 1 aromatic heterocycles. The van der Waals surface area contributed by atoms with Gasteiger partial charge in [0, 0.05) is 31.5 Å². The summed E-state index contributed by atoms with van der Waals surface area (Å²) in [5.74, 6) is 0.0597. The van der Waals surface area contributed by atoms with Crippen molar-refractivity contribution in [2.75, 3.05) is 26.2 Å². The highest BCUT2D eigenvalue weighted by Crippen LogP contribution is 2.22. The van der Waals surface area contributed by atoms with Gasteiger partial charge >= 0.3 is 12.2 Å². The molecule has 9 heteroatoms. The molecule has 0 saturated carbocycles. The lowest BCUT2D eigenvalue weighted by Crippen LogP contribution is -2.44. The Morgan fingerprint density at radius 1 is 1.48 bits per heavy atom. The van der Waals surface area contributed by atoms with Gasteiger partial charge in [-0.3, -0.25) is 9.58 Å². The molecule has 0 aliphatic carbocycles. The van der Waals surface area contributed by atoms with Gasteiger partial charge in [0.2, 0.25) is 0 Å². The molecular weight excluding hydrogens is 311 g/mol. The summed E-state index contributed by atoms with van der Waals surface area (Å²) in [5.41, 5.74) is 0. The van der Waals surface area contributed by atoms with Crippen molar-refractivity contribution >= 4 is 6.03 Å². The lowest BCUT2D eigenvalue weighted by molar-refractivity contribution is -0.143. The Kier molecular flexibility index (Phi) is 5.86. The summed E-state index contributed by atoms with van der Waals surface area (Å²) in [4.78, 5) is 13.2. The fourth-order valence-corrected chi connectivity index (χ4v) is 2.72. The number of hydrogen-bond acceptors (Lipinski definition) is 3. The minimum absolute atomic E-state index is 0.0597. The van der Waals surface area contributed by atoms with Gasteiger partial charge in [0.05, 0.1) is 13.1 Å². The maximum absolute atomic E-state index is 12.3. The van der Waals surface area contributed by atoms with Crippen LogP contribution in [0.15, 0.2) is 18.5 Å². The van der Waals surface area contributed by atoms with Crippen LogP contribution in [0.5, 0.6) is 0 Å². The monoisotopic (exact) mass is 333 g/mol.